The summed E-state index contributed by atoms with van der Waals surface area (Å²) in [5.74, 6) is 0.491. The van der Waals surface area contributed by atoms with E-state index < -0.39 is 0 Å². The third kappa shape index (κ3) is 2.43. The first-order valence-corrected chi connectivity index (χ1v) is 7.50. The minimum absolute atomic E-state index is 0.0898. The summed E-state index contributed by atoms with van der Waals surface area (Å²) in [5.41, 5.74) is 0. The van der Waals surface area contributed by atoms with Gasteiger partial charge in [-0.3, -0.25) is 4.79 Å². The van der Waals surface area contributed by atoms with E-state index >= 15 is 0 Å². The number of amides is 1. The summed E-state index contributed by atoms with van der Waals surface area (Å²) in [6.07, 6.45) is 8.18. The zero-order valence-corrected chi connectivity index (χ0v) is 11.6. The number of hydrogen-bond acceptors (Lipinski definition) is 3. The van der Waals surface area contributed by atoms with Crippen molar-refractivity contribution in [1.82, 2.24) is 4.90 Å². The molecule has 0 aromatic rings. The molecule has 0 saturated carbocycles. The maximum absolute atomic E-state index is 12.6. The zero-order chi connectivity index (χ0) is 13.2. The molecule has 4 heteroatoms. The maximum atomic E-state index is 12.6. The summed E-state index contributed by atoms with van der Waals surface area (Å²) < 4.78 is 11.6. The van der Waals surface area contributed by atoms with Crippen LogP contribution in [0, 0.1) is 5.92 Å². The number of carbonyl (C=O) groups is 1. The number of hydrogen-bond donors (Lipinski definition) is 0. The standard InChI is InChI=1S/C15H23NO3/c1-2-18-13-7-9-16(12-8-10-19-14(12)13)15(17)11-5-3-4-6-11/h3-4,11-14H,2,5-10H2,1H3/t12-,13+,14-/m0/s1. The van der Waals surface area contributed by atoms with Gasteiger partial charge in [0.25, 0.3) is 0 Å². The Bertz CT molecular complexity index is 360. The Morgan fingerprint density at radius 1 is 1.37 bits per heavy atom. The Balaban J connectivity index is 1.68. The monoisotopic (exact) mass is 265 g/mol. The van der Waals surface area contributed by atoms with Crippen LogP contribution in [0.15, 0.2) is 12.2 Å². The fourth-order valence-corrected chi connectivity index (χ4v) is 3.60. The predicted octanol–water partition coefficient (Wildman–Crippen LogP) is 1.75. The lowest BCUT2D eigenvalue weighted by atomic mass is 9.93. The minimum Gasteiger partial charge on any atom is -0.376 e. The van der Waals surface area contributed by atoms with Gasteiger partial charge in [-0.05, 0) is 32.6 Å². The van der Waals surface area contributed by atoms with Crippen LogP contribution in [0.4, 0.5) is 0 Å². The molecule has 0 N–H and O–H groups in total. The molecule has 3 atom stereocenters. The van der Waals surface area contributed by atoms with Crippen molar-refractivity contribution < 1.29 is 14.3 Å². The van der Waals surface area contributed by atoms with Crippen LogP contribution < -0.4 is 0 Å². The summed E-state index contributed by atoms with van der Waals surface area (Å²) in [6, 6.07) is 0.235. The van der Waals surface area contributed by atoms with E-state index in [4.69, 9.17) is 9.47 Å². The smallest absolute Gasteiger partial charge is 0.226 e. The molecule has 2 aliphatic heterocycles. The first-order chi connectivity index (χ1) is 9.31. The number of ether oxygens (including phenoxy) is 2. The lowest BCUT2D eigenvalue weighted by Crippen LogP contribution is -2.56. The molecular formula is C15H23NO3. The van der Waals surface area contributed by atoms with E-state index in [1.165, 1.54) is 0 Å². The van der Waals surface area contributed by atoms with Gasteiger partial charge in [0.2, 0.25) is 5.91 Å². The van der Waals surface area contributed by atoms with Crippen molar-refractivity contribution >= 4 is 5.91 Å². The summed E-state index contributed by atoms with van der Waals surface area (Å²) in [7, 11) is 0. The second-order valence-electron chi connectivity index (χ2n) is 5.65. The van der Waals surface area contributed by atoms with Crippen LogP contribution in [-0.4, -0.2) is 48.8 Å². The van der Waals surface area contributed by atoms with Gasteiger partial charge in [-0.25, -0.2) is 0 Å². The molecule has 2 heterocycles. The molecular weight excluding hydrogens is 242 g/mol. The summed E-state index contributed by atoms with van der Waals surface area (Å²) in [6.45, 7) is 4.32. The van der Waals surface area contributed by atoms with E-state index in [1.807, 2.05) is 6.92 Å². The third-order valence-electron chi connectivity index (χ3n) is 4.55. The van der Waals surface area contributed by atoms with Crippen LogP contribution in [0.25, 0.3) is 0 Å². The second kappa shape index (κ2) is 5.63. The summed E-state index contributed by atoms with van der Waals surface area (Å²) >= 11 is 0. The SMILES string of the molecule is CCO[C@@H]1CCN(C(=O)C2CC=CC2)[C@H]2CCO[C@H]12. The Morgan fingerprint density at radius 3 is 2.89 bits per heavy atom. The van der Waals surface area contributed by atoms with Crippen molar-refractivity contribution in [2.75, 3.05) is 19.8 Å². The molecule has 2 fully saturated rings. The van der Waals surface area contributed by atoms with Gasteiger partial charge in [-0.2, -0.15) is 0 Å². The fourth-order valence-electron chi connectivity index (χ4n) is 3.60. The first kappa shape index (κ1) is 13.1. The largest absolute Gasteiger partial charge is 0.376 e. The van der Waals surface area contributed by atoms with Crippen molar-refractivity contribution in [2.45, 2.75) is 50.9 Å². The van der Waals surface area contributed by atoms with Gasteiger partial charge in [0.1, 0.15) is 6.10 Å². The maximum Gasteiger partial charge on any atom is 0.226 e. The molecule has 0 aromatic carbocycles. The van der Waals surface area contributed by atoms with Crippen LogP contribution in [0.5, 0.6) is 0 Å². The van der Waals surface area contributed by atoms with Crippen LogP contribution in [0.1, 0.15) is 32.6 Å². The number of likely N-dealkylation sites (tertiary alicyclic amines) is 1. The van der Waals surface area contributed by atoms with Crippen molar-refractivity contribution in [1.29, 1.82) is 0 Å². The zero-order valence-electron chi connectivity index (χ0n) is 11.6. The van der Waals surface area contributed by atoms with Gasteiger partial charge in [-0.1, -0.05) is 12.2 Å². The number of rotatable bonds is 3. The van der Waals surface area contributed by atoms with Crippen LogP contribution in [-0.2, 0) is 14.3 Å². The molecule has 2 saturated heterocycles. The Morgan fingerprint density at radius 2 is 2.16 bits per heavy atom. The molecule has 106 valence electrons. The van der Waals surface area contributed by atoms with Gasteiger partial charge in [0.15, 0.2) is 0 Å². The minimum atomic E-state index is 0.0898. The molecule has 0 unspecified atom stereocenters. The average molecular weight is 265 g/mol. The number of fused-ring (bicyclic) bond motifs is 1. The number of nitrogens with zero attached hydrogens (tertiary/aromatic N) is 1. The normalized spacial score (nSPS) is 34.8. The Hall–Kier alpha value is -0.870. The van der Waals surface area contributed by atoms with E-state index in [2.05, 4.69) is 17.1 Å². The van der Waals surface area contributed by atoms with Gasteiger partial charge in [-0.15, -0.1) is 0 Å². The molecule has 0 radical (unpaired) electrons. The van der Waals surface area contributed by atoms with E-state index in [0.717, 1.165) is 45.4 Å². The van der Waals surface area contributed by atoms with E-state index in [-0.39, 0.29) is 24.2 Å². The highest BCUT2D eigenvalue weighted by molar-refractivity contribution is 5.80. The molecule has 1 amide bonds. The molecule has 1 aliphatic carbocycles. The Kier molecular flexibility index (Phi) is 3.89. The van der Waals surface area contributed by atoms with Crippen LogP contribution in [0.3, 0.4) is 0 Å². The van der Waals surface area contributed by atoms with E-state index in [1.54, 1.807) is 0 Å². The van der Waals surface area contributed by atoms with Crippen LogP contribution in [0.2, 0.25) is 0 Å². The van der Waals surface area contributed by atoms with E-state index in [9.17, 15) is 4.79 Å². The quantitative estimate of drug-likeness (QED) is 0.730. The van der Waals surface area contributed by atoms with Gasteiger partial charge < -0.3 is 14.4 Å². The first-order valence-electron chi connectivity index (χ1n) is 7.50. The summed E-state index contributed by atoms with van der Waals surface area (Å²) in [5, 5.41) is 0. The molecule has 19 heavy (non-hydrogen) atoms. The predicted molar refractivity (Wildman–Crippen MR) is 71.8 cm³/mol. The van der Waals surface area contributed by atoms with Gasteiger partial charge >= 0.3 is 0 Å². The van der Waals surface area contributed by atoms with Crippen molar-refractivity contribution in [3.8, 4) is 0 Å². The lowest BCUT2D eigenvalue weighted by Gasteiger charge is -2.42. The highest BCUT2D eigenvalue weighted by Crippen LogP contribution is 2.33. The number of piperidine rings is 1. The molecule has 0 spiro atoms. The number of allylic oxidation sites excluding steroid dienone is 2. The number of carbonyl (C=O) groups excluding carboxylic acids is 1. The molecule has 3 aliphatic rings. The van der Waals surface area contributed by atoms with Gasteiger partial charge in [0, 0.05) is 25.7 Å². The molecule has 4 nitrogen and oxygen atoms in total. The highest BCUT2D eigenvalue weighted by atomic mass is 16.5. The highest BCUT2D eigenvalue weighted by Gasteiger charge is 2.45. The van der Waals surface area contributed by atoms with Crippen molar-refractivity contribution in [3.05, 3.63) is 12.2 Å². The van der Waals surface area contributed by atoms with Crippen LogP contribution >= 0.6 is 0 Å². The van der Waals surface area contributed by atoms with E-state index in [0.29, 0.717) is 5.91 Å². The fraction of sp³-hybridized carbons (Fsp3) is 0.800. The summed E-state index contributed by atoms with van der Waals surface area (Å²) in [4.78, 5) is 14.7. The van der Waals surface area contributed by atoms with Gasteiger partial charge in [0.05, 0.1) is 12.1 Å². The molecule has 0 bridgehead atoms. The molecule has 3 rings (SSSR count). The van der Waals surface area contributed by atoms with Crippen molar-refractivity contribution in [2.24, 2.45) is 5.92 Å². The Labute approximate surface area is 114 Å². The lowest BCUT2D eigenvalue weighted by molar-refractivity contribution is -0.148. The second-order valence-corrected chi connectivity index (χ2v) is 5.65. The van der Waals surface area contributed by atoms with Crippen molar-refractivity contribution in [3.63, 3.8) is 0 Å². The molecule has 0 aromatic heterocycles. The average Bonchev–Trinajstić information content (AvgIpc) is 3.10. The third-order valence-corrected chi connectivity index (χ3v) is 4.55. The topological polar surface area (TPSA) is 38.8 Å².